The second-order valence-corrected chi connectivity index (χ2v) is 5.81. The second kappa shape index (κ2) is 6.85. The van der Waals surface area contributed by atoms with Crippen LogP contribution >= 0.6 is 0 Å². The number of hydrogen-bond acceptors (Lipinski definition) is 5. The van der Waals surface area contributed by atoms with Gasteiger partial charge in [-0.05, 0) is 33.4 Å². The van der Waals surface area contributed by atoms with E-state index < -0.39 is 0 Å². The van der Waals surface area contributed by atoms with Crippen LogP contribution in [0.2, 0.25) is 0 Å². The van der Waals surface area contributed by atoms with Crippen LogP contribution < -0.4 is 5.32 Å². The van der Waals surface area contributed by atoms with Gasteiger partial charge < -0.3 is 15.1 Å². The Morgan fingerprint density at radius 2 is 2.19 bits per heavy atom. The lowest BCUT2D eigenvalue weighted by atomic mass is 10.0. The number of piperidine rings is 1. The number of carbonyl (C=O) groups is 1. The van der Waals surface area contributed by atoms with E-state index in [0.717, 1.165) is 49.7 Å². The Balaban J connectivity index is 2.33. The summed E-state index contributed by atoms with van der Waals surface area (Å²) in [4.78, 5) is 25.1. The number of rotatable bonds is 4. The number of nitrogens with zero attached hydrogens (tertiary/aromatic N) is 4. The average molecular weight is 291 g/mol. The van der Waals surface area contributed by atoms with E-state index in [4.69, 9.17) is 4.98 Å². The van der Waals surface area contributed by atoms with Gasteiger partial charge in [-0.1, -0.05) is 0 Å². The summed E-state index contributed by atoms with van der Waals surface area (Å²) in [6.45, 7) is 3.19. The molecule has 2 rings (SSSR count). The normalized spacial score (nSPS) is 18.9. The second-order valence-electron chi connectivity index (χ2n) is 5.81. The Bertz CT molecular complexity index is 503. The van der Waals surface area contributed by atoms with Crippen molar-refractivity contribution in [3.8, 4) is 0 Å². The molecule has 116 valence electrons. The molecule has 0 saturated carbocycles. The summed E-state index contributed by atoms with van der Waals surface area (Å²) in [5, 5.41) is 3.09. The van der Waals surface area contributed by atoms with Gasteiger partial charge in [0.1, 0.15) is 5.82 Å². The summed E-state index contributed by atoms with van der Waals surface area (Å²) in [7, 11) is 5.89. The average Bonchev–Trinajstić information content (AvgIpc) is 2.46. The molecule has 6 nitrogen and oxygen atoms in total. The van der Waals surface area contributed by atoms with Gasteiger partial charge in [0, 0.05) is 33.1 Å². The highest BCUT2D eigenvalue weighted by Gasteiger charge is 2.28. The highest BCUT2D eigenvalue weighted by atomic mass is 16.2. The minimum Gasteiger partial charge on any atom is -0.373 e. The Labute approximate surface area is 126 Å². The largest absolute Gasteiger partial charge is 0.373 e. The lowest BCUT2D eigenvalue weighted by Crippen LogP contribution is -2.38. The van der Waals surface area contributed by atoms with Crippen LogP contribution in [0.4, 0.5) is 5.82 Å². The van der Waals surface area contributed by atoms with E-state index in [1.54, 1.807) is 6.92 Å². The van der Waals surface area contributed by atoms with Crippen LogP contribution in [0, 0.1) is 0 Å². The molecule has 2 heterocycles. The molecule has 1 aliphatic rings. The van der Waals surface area contributed by atoms with Gasteiger partial charge in [0.2, 0.25) is 5.91 Å². The zero-order valence-electron chi connectivity index (χ0n) is 13.4. The third-order valence-corrected chi connectivity index (χ3v) is 3.74. The molecular weight excluding hydrogens is 266 g/mol. The van der Waals surface area contributed by atoms with Crippen molar-refractivity contribution in [2.24, 2.45) is 0 Å². The highest BCUT2D eigenvalue weighted by Crippen LogP contribution is 2.29. The van der Waals surface area contributed by atoms with Crippen LogP contribution in [0.3, 0.4) is 0 Å². The van der Waals surface area contributed by atoms with E-state index in [2.05, 4.69) is 15.2 Å². The van der Waals surface area contributed by atoms with Gasteiger partial charge in [-0.15, -0.1) is 0 Å². The molecular formula is C15H25N5O. The molecule has 1 saturated heterocycles. The summed E-state index contributed by atoms with van der Waals surface area (Å²) in [5.41, 5.74) is 0.975. The Morgan fingerprint density at radius 1 is 1.43 bits per heavy atom. The van der Waals surface area contributed by atoms with Crippen LogP contribution in [-0.2, 0) is 11.3 Å². The fourth-order valence-electron chi connectivity index (χ4n) is 2.78. The molecule has 0 unspecified atom stereocenters. The minimum absolute atomic E-state index is 0.00506. The summed E-state index contributed by atoms with van der Waals surface area (Å²) in [6, 6.07) is 1.97. The van der Waals surface area contributed by atoms with Gasteiger partial charge in [0.15, 0.2) is 5.82 Å². The number of hydrogen-bond donors (Lipinski definition) is 1. The predicted octanol–water partition coefficient (Wildman–Crippen LogP) is 1.65. The number of likely N-dealkylation sites (tertiary alicyclic amines) is 1. The molecule has 0 aliphatic carbocycles. The molecule has 1 aliphatic heterocycles. The van der Waals surface area contributed by atoms with Crippen molar-refractivity contribution in [2.45, 2.75) is 38.8 Å². The molecule has 1 amide bonds. The Hall–Kier alpha value is -1.69. The van der Waals surface area contributed by atoms with Crippen molar-refractivity contribution in [1.29, 1.82) is 0 Å². The van der Waals surface area contributed by atoms with Crippen LogP contribution in [0.1, 0.15) is 43.7 Å². The van der Waals surface area contributed by atoms with Crippen molar-refractivity contribution in [3.63, 3.8) is 0 Å². The Kier molecular flexibility index (Phi) is 5.12. The van der Waals surface area contributed by atoms with Crippen LogP contribution in [0.5, 0.6) is 0 Å². The number of aromatic nitrogens is 2. The smallest absolute Gasteiger partial charge is 0.220 e. The Morgan fingerprint density at radius 3 is 2.81 bits per heavy atom. The van der Waals surface area contributed by atoms with Gasteiger partial charge in [0.25, 0.3) is 0 Å². The zero-order chi connectivity index (χ0) is 15.4. The molecule has 1 N–H and O–H groups in total. The number of nitrogens with one attached hydrogen (secondary N) is 1. The summed E-state index contributed by atoms with van der Waals surface area (Å²) < 4.78 is 0. The maximum Gasteiger partial charge on any atom is 0.220 e. The lowest BCUT2D eigenvalue weighted by Gasteiger charge is -2.34. The van der Waals surface area contributed by atoms with Gasteiger partial charge in [-0.2, -0.15) is 0 Å². The van der Waals surface area contributed by atoms with E-state index in [0.29, 0.717) is 0 Å². The fraction of sp³-hybridized carbons (Fsp3) is 0.667. The number of carbonyl (C=O) groups excluding carboxylic acids is 1. The summed E-state index contributed by atoms with van der Waals surface area (Å²) in [5.74, 6) is 1.67. The SMILES string of the molecule is CNc1cc(CN(C)C)nc([C@H]2CCCCN2C(C)=O)n1. The van der Waals surface area contributed by atoms with Crippen molar-refractivity contribution < 1.29 is 4.79 Å². The number of amides is 1. The van der Waals surface area contributed by atoms with E-state index in [9.17, 15) is 4.79 Å². The van der Waals surface area contributed by atoms with Gasteiger partial charge in [-0.3, -0.25) is 4.79 Å². The van der Waals surface area contributed by atoms with Crippen LogP contribution in [0.25, 0.3) is 0 Å². The van der Waals surface area contributed by atoms with E-state index in [1.807, 2.05) is 32.1 Å². The van der Waals surface area contributed by atoms with Crippen molar-refractivity contribution >= 4 is 11.7 Å². The summed E-state index contributed by atoms with van der Waals surface area (Å²) >= 11 is 0. The predicted molar refractivity (Wildman–Crippen MR) is 82.9 cm³/mol. The first-order valence-electron chi connectivity index (χ1n) is 7.49. The van der Waals surface area contributed by atoms with Gasteiger partial charge in [-0.25, -0.2) is 9.97 Å². The molecule has 21 heavy (non-hydrogen) atoms. The monoisotopic (exact) mass is 291 g/mol. The molecule has 1 fully saturated rings. The molecule has 1 aromatic heterocycles. The zero-order valence-corrected chi connectivity index (χ0v) is 13.4. The number of anilines is 1. The molecule has 0 radical (unpaired) electrons. The third-order valence-electron chi connectivity index (χ3n) is 3.74. The maximum atomic E-state index is 11.8. The van der Waals surface area contributed by atoms with Gasteiger partial charge >= 0.3 is 0 Å². The third kappa shape index (κ3) is 3.91. The first-order valence-corrected chi connectivity index (χ1v) is 7.49. The van der Waals surface area contributed by atoms with Gasteiger partial charge in [0.05, 0.1) is 11.7 Å². The minimum atomic E-state index is 0.00506. The molecule has 1 atom stereocenters. The standard InChI is InChI=1S/C15H25N5O/c1-11(21)20-8-6-5-7-13(20)15-17-12(10-19(3)4)9-14(16-2)18-15/h9,13H,5-8,10H2,1-4H3,(H,16,17,18)/t13-/m1/s1. The quantitative estimate of drug-likeness (QED) is 0.914. The molecule has 0 spiro atoms. The summed E-state index contributed by atoms with van der Waals surface area (Å²) in [6.07, 6.45) is 3.12. The maximum absolute atomic E-state index is 11.8. The highest BCUT2D eigenvalue weighted by molar-refractivity contribution is 5.73. The van der Waals surface area contributed by atoms with E-state index in [1.165, 1.54) is 0 Å². The fourth-order valence-corrected chi connectivity index (χ4v) is 2.78. The first kappa shape index (κ1) is 15.7. The molecule has 0 aromatic carbocycles. The van der Waals surface area contributed by atoms with Crippen LogP contribution in [0.15, 0.2) is 6.07 Å². The van der Waals surface area contributed by atoms with Crippen molar-refractivity contribution in [2.75, 3.05) is 33.0 Å². The topological polar surface area (TPSA) is 61.4 Å². The first-order chi connectivity index (χ1) is 10.0. The van der Waals surface area contributed by atoms with E-state index >= 15 is 0 Å². The lowest BCUT2D eigenvalue weighted by molar-refractivity contribution is -0.132. The van der Waals surface area contributed by atoms with Crippen LogP contribution in [-0.4, -0.2) is 53.4 Å². The van der Waals surface area contributed by atoms with Crippen molar-refractivity contribution in [1.82, 2.24) is 19.8 Å². The molecule has 1 aromatic rings. The molecule has 0 bridgehead atoms. The van der Waals surface area contributed by atoms with Crippen molar-refractivity contribution in [3.05, 3.63) is 17.6 Å². The molecule has 6 heteroatoms. The van der Waals surface area contributed by atoms with E-state index in [-0.39, 0.29) is 11.9 Å².